The molecular formula is C18H19NO3S. The summed E-state index contributed by atoms with van der Waals surface area (Å²) < 4.78 is 10.5. The number of hydrogen-bond acceptors (Lipinski definition) is 4. The third-order valence-electron chi connectivity index (χ3n) is 3.15. The van der Waals surface area contributed by atoms with Crippen LogP contribution in [0.15, 0.2) is 60.0 Å². The fourth-order valence-corrected chi connectivity index (χ4v) is 2.81. The van der Waals surface area contributed by atoms with Crippen molar-refractivity contribution in [2.24, 2.45) is 0 Å². The average Bonchev–Trinajstić information content (AvgIpc) is 2.60. The number of rotatable bonds is 7. The first-order valence-electron chi connectivity index (χ1n) is 7.05. The van der Waals surface area contributed by atoms with Crippen LogP contribution < -0.4 is 14.8 Å². The van der Waals surface area contributed by atoms with Crippen LogP contribution in [0.25, 0.3) is 0 Å². The summed E-state index contributed by atoms with van der Waals surface area (Å²) in [6.07, 6.45) is 1.81. The van der Waals surface area contributed by atoms with E-state index in [0.717, 1.165) is 10.6 Å². The molecule has 120 valence electrons. The van der Waals surface area contributed by atoms with E-state index in [1.54, 1.807) is 50.2 Å². The van der Waals surface area contributed by atoms with Crippen molar-refractivity contribution in [1.82, 2.24) is 0 Å². The number of nitrogens with one attached hydrogen (secondary N) is 1. The molecule has 0 unspecified atom stereocenters. The number of amides is 1. The van der Waals surface area contributed by atoms with Gasteiger partial charge in [0.15, 0.2) is 0 Å². The van der Waals surface area contributed by atoms with Crippen LogP contribution in [0.3, 0.4) is 0 Å². The summed E-state index contributed by atoms with van der Waals surface area (Å²) in [6.45, 7) is 3.71. The van der Waals surface area contributed by atoms with Gasteiger partial charge in [-0.3, -0.25) is 4.79 Å². The minimum atomic E-state index is -0.180. The number of methoxy groups -OCH3 is 2. The first-order chi connectivity index (χ1) is 11.2. The molecule has 0 radical (unpaired) electrons. The van der Waals surface area contributed by atoms with Gasteiger partial charge < -0.3 is 14.8 Å². The number of thioether (sulfide) groups is 1. The normalized spacial score (nSPS) is 10.0. The molecule has 2 rings (SSSR count). The molecule has 1 amide bonds. The number of anilines is 1. The summed E-state index contributed by atoms with van der Waals surface area (Å²) in [5, 5.41) is 2.89. The SMILES string of the molecule is C=CCSc1ccccc1C(=O)Nc1ccc(OC)cc1OC. The van der Waals surface area contributed by atoms with Crippen molar-refractivity contribution in [3.63, 3.8) is 0 Å². The Balaban J connectivity index is 2.24. The molecule has 0 spiro atoms. The summed E-state index contributed by atoms with van der Waals surface area (Å²) in [7, 11) is 3.14. The fourth-order valence-electron chi connectivity index (χ4n) is 2.02. The predicted octanol–water partition coefficient (Wildman–Crippen LogP) is 4.23. The monoisotopic (exact) mass is 329 g/mol. The highest BCUT2D eigenvalue weighted by Gasteiger charge is 2.14. The maximum absolute atomic E-state index is 12.6. The molecule has 0 saturated carbocycles. The van der Waals surface area contributed by atoms with Gasteiger partial charge in [0.1, 0.15) is 11.5 Å². The lowest BCUT2D eigenvalue weighted by Crippen LogP contribution is -2.13. The predicted molar refractivity (Wildman–Crippen MR) is 94.9 cm³/mol. The van der Waals surface area contributed by atoms with Gasteiger partial charge >= 0.3 is 0 Å². The first kappa shape index (κ1) is 17.0. The largest absolute Gasteiger partial charge is 0.497 e. The van der Waals surface area contributed by atoms with Crippen LogP contribution in [0.4, 0.5) is 5.69 Å². The number of carbonyl (C=O) groups excluding carboxylic acids is 1. The molecule has 1 N–H and O–H groups in total. The van der Waals surface area contributed by atoms with Gasteiger partial charge in [0.05, 0.1) is 25.5 Å². The van der Waals surface area contributed by atoms with Crippen LogP contribution in [-0.4, -0.2) is 25.9 Å². The Morgan fingerprint density at radius 1 is 1.22 bits per heavy atom. The van der Waals surface area contributed by atoms with Crippen molar-refractivity contribution in [1.29, 1.82) is 0 Å². The summed E-state index contributed by atoms with van der Waals surface area (Å²) in [5.74, 6) is 1.78. The van der Waals surface area contributed by atoms with Gasteiger partial charge in [-0.1, -0.05) is 18.2 Å². The zero-order valence-corrected chi connectivity index (χ0v) is 14.0. The van der Waals surface area contributed by atoms with Crippen molar-refractivity contribution < 1.29 is 14.3 Å². The van der Waals surface area contributed by atoms with Crippen molar-refractivity contribution in [2.75, 3.05) is 25.3 Å². The summed E-state index contributed by atoms with van der Waals surface area (Å²) in [5.41, 5.74) is 1.22. The Morgan fingerprint density at radius 2 is 2.00 bits per heavy atom. The average molecular weight is 329 g/mol. The van der Waals surface area contributed by atoms with Gasteiger partial charge in [0.2, 0.25) is 0 Å². The molecule has 0 aromatic heterocycles. The van der Waals surface area contributed by atoms with Crippen LogP contribution in [0.1, 0.15) is 10.4 Å². The van der Waals surface area contributed by atoms with E-state index in [1.165, 1.54) is 0 Å². The summed E-state index contributed by atoms with van der Waals surface area (Å²) >= 11 is 1.57. The number of benzene rings is 2. The Hall–Kier alpha value is -2.40. The molecule has 23 heavy (non-hydrogen) atoms. The Labute approximate surface area is 140 Å². The van der Waals surface area contributed by atoms with E-state index in [9.17, 15) is 4.79 Å². The second kappa shape index (κ2) is 8.29. The van der Waals surface area contributed by atoms with E-state index in [1.807, 2.05) is 24.3 Å². The fraction of sp³-hybridized carbons (Fsp3) is 0.167. The van der Waals surface area contributed by atoms with Crippen LogP contribution in [0.2, 0.25) is 0 Å². The Morgan fingerprint density at radius 3 is 2.70 bits per heavy atom. The highest BCUT2D eigenvalue weighted by Crippen LogP contribution is 2.30. The molecular weight excluding hydrogens is 310 g/mol. The first-order valence-corrected chi connectivity index (χ1v) is 8.04. The highest BCUT2D eigenvalue weighted by molar-refractivity contribution is 7.99. The zero-order valence-electron chi connectivity index (χ0n) is 13.2. The second-order valence-electron chi connectivity index (χ2n) is 4.62. The number of hydrogen-bond donors (Lipinski definition) is 1. The summed E-state index contributed by atoms with van der Waals surface area (Å²) in [4.78, 5) is 13.5. The van der Waals surface area contributed by atoms with Crippen LogP contribution in [-0.2, 0) is 0 Å². The van der Waals surface area contributed by atoms with Crippen LogP contribution in [0, 0.1) is 0 Å². The lowest BCUT2D eigenvalue weighted by atomic mass is 10.2. The van der Waals surface area contributed by atoms with Gasteiger partial charge in [0.25, 0.3) is 5.91 Å². The van der Waals surface area contributed by atoms with Gasteiger partial charge in [-0.2, -0.15) is 0 Å². The molecule has 4 nitrogen and oxygen atoms in total. The van der Waals surface area contributed by atoms with Crippen molar-refractivity contribution in [2.45, 2.75) is 4.90 Å². The maximum Gasteiger partial charge on any atom is 0.256 e. The molecule has 0 heterocycles. The molecule has 0 bridgehead atoms. The molecule has 0 fully saturated rings. The molecule has 2 aromatic rings. The van der Waals surface area contributed by atoms with Crippen LogP contribution >= 0.6 is 11.8 Å². The molecule has 2 aromatic carbocycles. The van der Waals surface area contributed by atoms with Gasteiger partial charge in [-0.25, -0.2) is 0 Å². The highest BCUT2D eigenvalue weighted by atomic mass is 32.2. The van der Waals surface area contributed by atoms with E-state index in [-0.39, 0.29) is 5.91 Å². The molecule has 0 aliphatic rings. The zero-order chi connectivity index (χ0) is 16.7. The standard InChI is InChI=1S/C18H19NO3S/c1-4-11-23-17-8-6-5-7-14(17)18(20)19-15-10-9-13(21-2)12-16(15)22-3/h4-10,12H,1,11H2,2-3H3,(H,19,20). The van der Waals surface area contributed by atoms with Crippen LogP contribution in [0.5, 0.6) is 11.5 Å². The smallest absolute Gasteiger partial charge is 0.256 e. The lowest BCUT2D eigenvalue weighted by Gasteiger charge is -2.13. The third-order valence-corrected chi connectivity index (χ3v) is 4.21. The topological polar surface area (TPSA) is 47.6 Å². The molecule has 0 saturated heterocycles. The number of ether oxygens (including phenoxy) is 2. The molecule has 0 aliphatic heterocycles. The van der Waals surface area contributed by atoms with Gasteiger partial charge in [-0.15, -0.1) is 18.3 Å². The molecule has 0 atom stereocenters. The van der Waals surface area contributed by atoms with Crippen molar-refractivity contribution >= 4 is 23.4 Å². The maximum atomic E-state index is 12.6. The van der Waals surface area contributed by atoms with Crippen molar-refractivity contribution in [3.8, 4) is 11.5 Å². The second-order valence-corrected chi connectivity index (χ2v) is 5.68. The van der Waals surface area contributed by atoms with Gasteiger partial charge in [-0.05, 0) is 24.3 Å². The van der Waals surface area contributed by atoms with Gasteiger partial charge in [0, 0.05) is 16.7 Å². The lowest BCUT2D eigenvalue weighted by molar-refractivity contribution is 0.102. The van der Waals surface area contributed by atoms with E-state index in [0.29, 0.717) is 22.7 Å². The van der Waals surface area contributed by atoms with E-state index in [4.69, 9.17) is 9.47 Å². The van der Waals surface area contributed by atoms with E-state index >= 15 is 0 Å². The van der Waals surface area contributed by atoms with E-state index in [2.05, 4.69) is 11.9 Å². The minimum absolute atomic E-state index is 0.180. The Kier molecular flexibility index (Phi) is 6.11. The number of carbonyl (C=O) groups is 1. The minimum Gasteiger partial charge on any atom is -0.497 e. The van der Waals surface area contributed by atoms with Crippen molar-refractivity contribution in [3.05, 3.63) is 60.7 Å². The quantitative estimate of drug-likeness (QED) is 0.610. The van der Waals surface area contributed by atoms with E-state index < -0.39 is 0 Å². The molecule has 5 heteroatoms. The molecule has 0 aliphatic carbocycles. The summed E-state index contributed by atoms with van der Waals surface area (Å²) in [6, 6.07) is 12.7. The third kappa shape index (κ3) is 4.29. The Bertz CT molecular complexity index is 700.